The van der Waals surface area contributed by atoms with E-state index in [4.69, 9.17) is 33.7 Å². The number of nitrogens with zero attached hydrogens (tertiary/aromatic N) is 2. The van der Waals surface area contributed by atoms with Crippen molar-refractivity contribution in [1.29, 1.82) is 0 Å². The van der Waals surface area contributed by atoms with Gasteiger partial charge in [0.05, 0.1) is 16.3 Å². The molecule has 27 heavy (non-hydrogen) atoms. The minimum atomic E-state index is -0.607. The second kappa shape index (κ2) is 8.50. The van der Waals surface area contributed by atoms with Crippen LogP contribution in [0.5, 0.6) is 0 Å². The number of halogens is 2. The highest BCUT2D eigenvalue weighted by atomic mass is 35.5. The van der Waals surface area contributed by atoms with Crippen LogP contribution in [0.2, 0.25) is 10.0 Å². The summed E-state index contributed by atoms with van der Waals surface area (Å²) in [6, 6.07) is 12.1. The van der Waals surface area contributed by atoms with Gasteiger partial charge in [-0.25, -0.2) is 4.79 Å². The van der Waals surface area contributed by atoms with Crippen LogP contribution in [0.4, 0.5) is 11.4 Å². The lowest BCUT2D eigenvalue weighted by Gasteiger charge is -2.36. The Morgan fingerprint density at radius 2 is 1.78 bits per heavy atom. The molecule has 0 saturated carbocycles. The lowest BCUT2D eigenvalue weighted by atomic mass is 10.2. The number of nitrogen functional groups attached to an aromatic ring is 1. The fraction of sp³-hybridized carbons (Fsp3) is 0.263. The summed E-state index contributed by atoms with van der Waals surface area (Å²) in [4.78, 5) is 28.2. The van der Waals surface area contributed by atoms with Crippen molar-refractivity contribution in [2.45, 2.75) is 0 Å². The highest BCUT2D eigenvalue weighted by molar-refractivity contribution is 6.33. The van der Waals surface area contributed by atoms with Gasteiger partial charge in [0.25, 0.3) is 5.91 Å². The average molecular weight is 408 g/mol. The summed E-state index contributed by atoms with van der Waals surface area (Å²) in [6.07, 6.45) is 0. The Kier molecular flexibility index (Phi) is 6.08. The third-order valence-corrected chi connectivity index (χ3v) is 4.94. The quantitative estimate of drug-likeness (QED) is 0.622. The fourth-order valence-corrected chi connectivity index (χ4v) is 3.16. The molecular weight excluding hydrogens is 389 g/mol. The number of carbonyl (C=O) groups is 2. The van der Waals surface area contributed by atoms with Crippen LogP contribution in [-0.2, 0) is 9.53 Å². The number of hydrogen-bond acceptors (Lipinski definition) is 5. The van der Waals surface area contributed by atoms with Crippen molar-refractivity contribution in [3.63, 3.8) is 0 Å². The summed E-state index contributed by atoms with van der Waals surface area (Å²) in [7, 11) is 0. The molecule has 2 aromatic rings. The highest BCUT2D eigenvalue weighted by Crippen LogP contribution is 2.21. The van der Waals surface area contributed by atoms with Crippen molar-refractivity contribution >= 4 is 46.5 Å². The third kappa shape index (κ3) is 4.84. The Balaban J connectivity index is 1.49. The lowest BCUT2D eigenvalue weighted by Crippen LogP contribution is -2.49. The molecule has 6 nitrogen and oxygen atoms in total. The Morgan fingerprint density at radius 3 is 2.44 bits per heavy atom. The predicted molar refractivity (Wildman–Crippen MR) is 106 cm³/mol. The van der Waals surface area contributed by atoms with Crippen LogP contribution in [0.25, 0.3) is 0 Å². The second-order valence-electron chi connectivity index (χ2n) is 6.16. The first-order valence-electron chi connectivity index (χ1n) is 8.44. The highest BCUT2D eigenvalue weighted by Gasteiger charge is 2.22. The van der Waals surface area contributed by atoms with Crippen molar-refractivity contribution in [2.75, 3.05) is 43.4 Å². The SMILES string of the molecule is Nc1cc(C(=O)OCC(=O)N2CCN(c3cccc(Cl)c3)CC2)ccc1Cl. The van der Waals surface area contributed by atoms with Gasteiger partial charge in [-0.3, -0.25) is 4.79 Å². The van der Waals surface area contributed by atoms with E-state index in [2.05, 4.69) is 4.90 Å². The summed E-state index contributed by atoms with van der Waals surface area (Å²) in [6.45, 7) is 2.17. The average Bonchev–Trinajstić information content (AvgIpc) is 2.68. The van der Waals surface area contributed by atoms with Gasteiger partial charge >= 0.3 is 5.97 Å². The molecule has 1 fully saturated rings. The fourth-order valence-electron chi connectivity index (χ4n) is 2.86. The van der Waals surface area contributed by atoms with Crippen LogP contribution < -0.4 is 10.6 Å². The van der Waals surface area contributed by atoms with Gasteiger partial charge in [-0.05, 0) is 36.4 Å². The van der Waals surface area contributed by atoms with Gasteiger partial charge in [-0.1, -0.05) is 29.3 Å². The zero-order chi connectivity index (χ0) is 19.4. The number of hydrogen-bond donors (Lipinski definition) is 1. The zero-order valence-electron chi connectivity index (χ0n) is 14.5. The summed E-state index contributed by atoms with van der Waals surface area (Å²) >= 11 is 11.9. The van der Waals surface area contributed by atoms with Crippen molar-refractivity contribution in [3.8, 4) is 0 Å². The van der Waals surface area contributed by atoms with Crippen molar-refractivity contribution < 1.29 is 14.3 Å². The van der Waals surface area contributed by atoms with Crippen LogP contribution >= 0.6 is 23.2 Å². The molecule has 2 N–H and O–H groups in total. The maximum atomic E-state index is 12.3. The summed E-state index contributed by atoms with van der Waals surface area (Å²) < 4.78 is 5.11. The molecule has 0 spiro atoms. The monoisotopic (exact) mass is 407 g/mol. The number of esters is 1. The van der Waals surface area contributed by atoms with E-state index >= 15 is 0 Å². The normalized spacial score (nSPS) is 14.1. The maximum Gasteiger partial charge on any atom is 0.338 e. The molecule has 0 unspecified atom stereocenters. The van der Waals surface area contributed by atoms with Crippen LogP contribution in [0.3, 0.4) is 0 Å². The number of ether oxygens (including phenoxy) is 1. The van der Waals surface area contributed by atoms with Gasteiger partial charge < -0.3 is 20.3 Å². The number of nitrogens with two attached hydrogens (primary N) is 1. The van der Waals surface area contributed by atoms with Crippen LogP contribution in [-0.4, -0.2) is 49.6 Å². The standard InChI is InChI=1S/C19H19Cl2N3O3/c20-14-2-1-3-15(11-14)23-6-8-24(9-7-23)18(25)12-27-19(26)13-4-5-16(21)17(22)10-13/h1-5,10-11H,6-9,12,22H2. The number of rotatable bonds is 4. The number of carbonyl (C=O) groups excluding carboxylic acids is 2. The second-order valence-corrected chi connectivity index (χ2v) is 7.00. The molecule has 1 amide bonds. The molecule has 142 valence electrons. The van der Waals surface area contributed by atoms with Crippen molar-refractivity contribution in [3.05, 3.63) is 58.1 Å². The van der Waals surface area contributed by atoms with E-state index in [1.54, 1.807) is 4.90 Å². The van der Waals surface area contributed by atoms with Gasteiger partial charge in [-0.15, -0.1) is 0 Å². The molecule has 0 aromatic heterocycles. The molecule has 0 atom stereocenters. The maximum absolute atomic E-state index is 12.3. The lowest BCUT2D eigenvalue weighted by molar-refractivity contribution is -0.134. The van der Waals surface area contributed by atoms with Crippen molar-refractivity contribution in [2.24, 2.45) is 0 Å². The van der Waals surface area contributed by atoms with Gasteiger partial charge in [-0.2, -0.15) is 0 Å². The van der Waals surface area contributed by atoms with E-state index in [-0.39, 0.29) is 23.8 Å². The van der Waals surface area contributed by atoms with E-state index in [9.17, 15) is 9.59 Å². The summed E-state index contributed by atoms with van der Waals surface area (Å²) in [5.74, 6) is -0.833. The number of piperazine rings is 1. The smallest absolute Gasteiger partial charge is 0.338 e. The molecule has 1 saturated heterocycles. The van der Waals surface area contributed by atoms with Crippen LogP contribution in [0, 0.1) is 0 Å². The Labute approximate surface area is 167 Å². The Hall–Kier alpha value is -2.44. The zero-order valence-corrected chi connectivity index (χ0v) is 16.0. The van der Waals surface area contributed by atoms with E-state index < -0.39 is 5.97 Å². The molecule has 0 aliphatic carbocycles. The first-order valence-corrected chi connectivity index (χ1v) is 9.20. The van der Waals surface area contributed by atoms with Gasteiger partial charge in [0.15, 0.2) is 6.61 Å². The van der Waals surface area contributed by atoms with Gasteiger partial charge in [0.2, 0.25) is 0 Å². The number of amides is 1. The molecule has 0 bridgehead atoms. The van der Waals surface area contributed by atoms with E-state index in [1.807, 2.05) is 24.3 Å². The number of benzene rings is 2. The van der Waals surface area contributed by atoms with Crippen molar-refractivity contribution in [1.82, 2.24) is 4.90 Å². The Bertz CT molecular complexity index is 852. The molecule has 0 radical (unpaired) electrons. The molecule has 1 aliphatic rings. The van der Waals surface area contributed by atoms with Crippen LogP contribution in [0.15, 0.2) is 42.5 Å². The van der Waals surface area contributed by atoms with E-state index in [1.165, 1.54) is 18.2 Å². The molecular formula is C19H19Cl2N3O3. The summed E-state index contributed by atoms with van der Waals surface area (Å²) in [5.41, 5.74) is 7.25. The molecule has 1 aliphatic heterocycles. The third-order valence-electron chi connectivity index (χ3n) is 4.36. The number of anilines is 2. The Morgan fingerprint density at radius 1 is 1.04 bits per heavy atom. The van der Waals surface area contributed by atoms with Crippen LogP contribution in [0.1, 0.15) is 10.4 Å². The molecule has 8 heteroatoms. The van der Waals surface area contributed by atoms with Gasteiger partial charge in [0.1, 0.15) is 0 Å². The summed E-state index contributed by atoms with van der Waals surface area (Å²) in [5, 5.41) is 1.04. The van der Waals surface area contributed by atoms with E-state index in [0.717, 1.165) is 5.69 Å². The van der Waals surface area contributed by atoms with E-state index in [0.29, 0.717) is 36.2 Å². The first-order chi connectivity index (χ1) is 12.9. The topological polar surface area (TPSA) is 75.9 Å². The molecule has 3 rings (SSSR count). The minimum absolute atomic E-state index is 0.226. The minimum Gasteiger partial charge on any atom is -0.452 e. The molecule has 2 aromatic carbocycles. The largest absolute Gasteiger partial charge is 0.452 e. The predicted octanol–water partition coefficient (Wildman–Crippen LogP) is 3.08. The van der Waals surface area contributed by atoms with Gasteiger partial charge in [0, 0.05) is 36.9 Å². The first kappa shape index (κ1) is 19.3. The molecule has 1 heterocycles.